The Hall–Kier alpha value is -1.67. The van der Waals surface area contributed by atoms with E-state index in [1.54, 1.807) is 19.3 Å². The van der Waals surface area contributed by atoms with Crippen LogP contribution in [0.1, 0.15) is 11.4 Å². The van der Waals surface area contributed by atoms with Gasteiger partial charge < -0.3 is 9.72 Å². The van der Waals surface area contributed by atoms with Gasteiger partial charge in [-0.2, -0.15) is 5.26 Å². The first kappa shape index (κ1) is 17.2. The summed E-state index contributed by atoms with van der Waals surface area (Å²) in [6, 6.07) is 10.3. The van der Waals surface area contributed by atoms with Crippen molar-refractivity contribution in [3.8, 4) is 11.8 Å². The normalized spacial score (nSPS) is 11.5. The highest BCUT2D eigenvalue weighted by atomic mass is 127. The molecule has 1 N–H and O–H groups in total. The number of halogens is 3. The van der Waals surface area contributed by atoms with Gasteiger partial charge in [-0.05, 0) is 87.2 Å². The number of ether oxygens (including phenoxy) is 1. The molecule has 0 amide bonds. The molecule has 0 bridgehead atoms. The lowest BCUT2D eigenvalue weighted by molar-refractivity contribution is 0.409. The number of nitrogens with one attached hydrogen (secondary N) is 1. The summed E-state index contributed by atoms with van der Waals surface area (Å²) in [7, 11) is 1.63. The zero-order chi connectivity index (χ0) is 17.3. The zero-order valence-corrected chi connectivity index (χ0v) is 16.7. The van der Waals surface area contributed by atoms with Gasteiger partial charge in [-0.25, -0.2) is 9.37 Å². The van der Waals surface area contributed by atoms with Crippen LogP contribution < -0.4 is 4.74 Å². The summed E-state index contributed by atoms with van der Waals surface area (Å²) in [6.45, 7) is 0. The van der Waals surface area contributed by atoms with Crippen LogP contribution in [0.2, 0.25) is 0 Å². The van der Waals surface area contributed by atoms with Crippen molar-refractivity contribution in [2.24, 2.45) is 0 Å². The Balaban J connectivity index is 2.07. The standard InChI is InChI=1S/C17H10FI2N3O/c1-24-16-12(19)5-9(6-13(16)20)4-10(8-21)17-22-14-3-2-11(18)7-15(14)23-17/h2-7H,1H3,(H,22,23)/b10-4-. The molecule has 0 unspecified atom stereocenters. The highest BCUT2D eigenvalue weighted by Crippen LogP contribution is 2.30. The molecule has 0 aliphatic carbocycles. The monoisotopic (exact) mass is 545 g/mol. The first-order valence-electron chi connectivity index (χ1n) is 6.82. The molecule has 0 fully saturated rings. The van der Waals surface area contributed by atoms with Gasteiger partial charge in [0.2, 0.25) is 0 Å². The average molecular weight is 545 g/mol. The molecule has 7 heteroatoms. The van der Waals surface area contributed by atoms with Gasteiger partial charge in [0.1, 0.15) is 23.5 Å². The van der Waals surface area contributed by atoms with Crippen LogP contribution >= 0.6 is 45.2 Å². The van der Waals surface area contributed by atoms with Gasteiger partial charge in [-0.1, -0.05) is 0 Å². The number of aromatic nitrogens is 2. The molecule has 0 spiro atoms. The summed E-state index contributed by atoms with van der Waals surface area (Å²) in [5, 5.41) is 9.48. The van der Waals surface area contributed by atoms with Crippen LogP contribution in [-0.4, -0.2) is 17.1 Å². The minimum Gasteiger partial charge on any atom is -0.495 e. The molecule has 0 atom stereocenters. The molecular formula is C17H10FI2N3O. The fourth-order valence-electron chi connectivity index (χ4n) is 2.29. The molecule has 3 aromatic rings. The third-order valence-electron chi connectivity index (χ3n) is 3.36. The van der Waals surface area contributed by atoms with Gasteiger partial charge in [0, 0.05) is 0 Å². The number of methoxy groups -OCH3 is 1. The number of hydrogen-bond acceptors (Lipinski definition) is 3. The van der Waals surface area contributed by atoms with E-state index in [-0.39, 0.29) is 5.82 Å². The molecule has 24 heavy (non-hydrogen) atoms. The second-order valence-corrected chi connectivity index (χ2v) is 7.26. The van der Waals surface area contributed by atoms with Gasteiger partial charge in [-0.15, -0.1) is 0 Å². The maximum Gasteiger partial charge on any atom is 0.149 e. The molecule has 1 heterocycles. The minimum atomic E-state index is -0.348. The first-order valence-corrected chi connectivity index (χ1v) is 8.98. The number of benzene rings is 2. The average Bonchev–Trinajstić information content (AvgIpc) is 2.95. The van der Waals surface area contributed by atoms with Gasteiger partial charge in [0.25, 0.3) is 0 Å². The maximum absolute atomic E-state index is 13.3. The van der Waals surface area contributed by atoms with Crippen molar-refractivity contribution in [1.82, 2.24) is 9.97 Å². The fourth-order valence-corrected chi connectivity index (χ4v) is 4.54. The number of nitriles is 1. The summed E-state index contributed by atoms with van der Waals surface area (Å²) in [4.78, 5) is 7.35. The van der Waals surface area contributed by atoms with Crippen molar-refractivity contribution >= 4 is 67.9 Å². The number of hydrogen-bond donors (Lipinski definition) is 1. The van der Waals surface area contributed by atoms with Crippen LogP contribution in [0.4, 0.5) is 4.39 Å². The number of nitrogens with zero attached hydrogens (tertiary/aromatic N) is 2. The smallest absolute Gasteiger partial charge is 0.149 e. The van der Waals surface area contributed by atoms with Crippen molar-refractivity contribution in [1.29, 1.82) is 5.26 Å². The van der Waals surface area contributed by atoms with E-state index >= 15 is 0 Å². The van der Waals surface area contributed by atoms with Crippen molar-refractivity contribution in [3.63, 3.8) is 0 Å². The third-order valence-corrected chi connectivity index (χ3v) is 4.96. The number of allylic oxidation sites excluding steroid dienone is 1. The van der Waals surface area contributed by atoms with Crippen molar-refractivity contribution < 1.29 is 9.13 Å². The van der Waals surface area contributed by atoms with E-state index in [0.717, 1.165) is 18.5 Å². The van der Waals surface area contributed by atoms with Crippen molar-refractivity contribution in [2.45, 2.75) is 0 Å². The Morgan fingerprint density at radius 3 is 2.62 bits per heavy atom. The molecule has 4 nitrogen and oxygen atoms in total. The molecule has 1 aromatic heterocycles. The van der Waals surface area contributed by atoms with E-state index in [4.69, 9.17) is 4.74 Å². The predicted molar refractivity (Wildman–Crippen MR) is 108 cm³/mol. The summed E-state index contributed by atoms with van der Waals surface area (Å²) < 4.78 is 20.5. The van der Waals surface area contributed by atoms with E-state index in [1.807, 2.05) is 12.1 Å². The van der Waals surface area contributed by atoms with Crippen LogP contribution in [0.3, 0.4) is 0 Å². The first-order chi connectivity index (χ1) is 11.5. The fraction of sp³-hybridized carbons (Fsp3) is 0.0588. The Kier molecular flexibility index (Phi) is 5.05. The van der Waals surface area contributed by atoms with E-state index in [1.165, 1.54) is 12.1 Å². The van der Waals surface area contributed by atoms with Gasteiger partial charge in [-0.3, -0.25) is 0 Å². The summed E-state index contributed by atoms with van der Waals surface area (Å²) in [5.41, 5.74) is 2.42. The minimum absolute atomic E-state index is 0.348. The zero-order valence-electron chi connectivity index (χ0n) is 12.4. The van der Waals surface area contributed by atoms with Gasteiger partial charge in [0.15, 0.2) is 0 Å². The second kappa shape index (κ2) is 7.06. The Morgan fingerprint density at radius 2 is 2.00 bits per heavy atom. The lowest BCUT2D eigenvalue weighted by Gasteiger charge is -2.07. The highest BCUT2D eigenvalue weighted by Gasteiger charge is 2.11. The molecule has 2 aromatic carbocycles. The number of H-pyrrole nitrogens is 1. The number of fused-ring (bicyclic) bond motifs is 1. The van der Waals surface area contributed by atoms with E-state index in [2.05, 4.69) is 61.2 Å². The number of rotatable bonds is 3. The Morgan fingerprint density at radius 1 is 1.29 bits per heavy atom. The number of aromatic amines is 1. The van der Waals surface area contributed by atoms with E-state index in [0.29, 0.717) is 22.4 Å². The van der Waals surface area contributed by atoms with E-state index < -0.39 is 0 Å². The van der Waals surface area contributed by atoms with Gasteiger partial charge >= 0.3 is 0 Å². The van der Waals surface area contributed by atoms with Crippen LogP contribution in [0.25, 0.3) is 22.7 Å². The molecule has 0 radical (unpaired) electrons. The van der Waals surface area contributed by atoms with Crippen molar-refractivity contribution in [2.75, 3.05) is 7.11 Å². The topological polar surface area (TPSA) is 61.7 Å². The second-order valence-electron chi connectivity index (χ2n) is 4.93. The Bertz CT molecular complexity index is 982. The predicted octanol–water partition coefficient (Wildman–Crippen LogP) is 4.98. The molecule has 120 valence electrons. The van der Waals surface area contributed by atoms with Crippen LogP contribution in [0.5, 0.6) is 5.75 Å². The van der Waals surface area contributed by atoms with Crippen molar-refractivity contribution in [3.05, 3.63) is 54.7 Å². The molecule has 3 rings (SSSR count). The molecule has 0 aliphatic heterocycles. The van der Waals surface area contributed by atoms with E-state index in [9.17, 15) is 9.65 Å². The molecule has 0 aliphatic rings. The summed E-state index contributed by atoms with van der Waals surface area (Å²) in [5.74, 6) is 0.879. The lowest BCUT2D eigenvalue weighted by atomic mass is 10.1. The SMILES string of the molecule is COc1c(I)cc(/C=C(/C#N)c2nc3ccc(F)cc3[nH]2)cc1I. The summed E-state index contributed by atoms with van der Waals surface area (Å²) >= 11 is 4.39. The lowest BCUT2D eigenvalue weighted by Crippen LogP contribution is -1.92. The molecule has 0 saturated carbocycles. The van der Waals surface area contributed by atoms with Crippen LogP contribution in [-0.2, 0) is 0 Å². The summed E-state index contributed by atoms with van der Waals surface area (Å²) in [6.07, 6.45) is 1.75. The largest absolute Gasteiger partial charge is 0.495 e. The van der Waals surface area contributed by atoms with Gasteiger partial charge in [0.05, 0.1) is 30.9 Å². The highest BCUT2D eigenvalue weighted by molar-refractivity contribution is 14.1. The maximum atomic E-state index is 13.3. The molecular weight excluding hydrogens is 535 g/mol. The molecule has 0 saturated heterocycles. The van der Waals surface area contributed by atoms with Crippen LogP contribution in [0, 0.1) is 24.3 Å². The van der Waals surface area contributed by atoms with Crippen LogP contribution in [0.15, 0.2) is 30.3 Å². The third kappa shape index (κ3) is 3.39. The Labute approximate surface area is 165 Å². The quantitative estimate of drug-likeness (QED) is 0.373. The number of imidazole rings is 1.